The van der Waals surface area contributed by atoms with Crippen LogP contribution < -0.4 is 0 Å². The largest absolute Gasteiger partial charge is 0.340 e. The molecule has 4 rings (SSSR count). The number of hydrogen-bond acceptors (Lipinski definition) is 2. The van der Waals surface area contributed by atoms with E-state index < -0.39 is 0 Å². The molecule has 1 aromatic heterocycles. The van der Waals surface area contributed by atoms with Gasteiger partial charge in [-0.05, 0) is 74.8 Å². The van der Waals surface area contributed by atoms with Crippen molar-refractivity contribution in [2.24, 2.45) is 17.8 Å². The number of pyridine rings is 1. The number of rotatable bonds is 5. The molecule has 2 saturated carbocycles. The second kappa shape index (κ2) is 6.62. The number of aromatic nitrogens is 1. The Labute approximate surface area is 139 Å². The SMILES string of the molecule is O=C(CCc1ccccn1)N1CCCC1CC1CC2CCC1C2. The van der Waals surface area contributed by atoms with Crippen molar-refractivity contribution in [2.75, 3.05) is 6.54 Å². The molecule has 3 nitrogen and oxygen atoms in total. The fourth-order valence-electron chi connectivity index (χ4n) is 5.35. The lowest BCUT2D eigenvalue weighted by molar-refractivity contribution is -0.132. The summed E-state index contributed by atoms with van der Waals surface area (Å²) in [6.45, 7) is 0.979. The van der Waals surface area contributed by atoms with E-state index in [2.05, 4.69) is 9.88 Å². The Morgan fingerprint density at radius 2 is 2.17 bits per heavy atom. The van der Waals surface area contributed by atoms with Gasteiger partial charge in [0.25, 0.3) is 0 Å². The Hall–Kier alpha value is -1.38. The Morgan fingerprint density at radius 1 is 1.22 bits per heavy atom. The molecule has 0 radical (unpaired) electrons. The second-order valence-corrected chi connectivity index (χ2v) is 7.87. The van der Waals surface area contributed by atoms with E-state index in [9.17, 15) is 4.79 Å². The van der Waals surface area contributed by atoms with Gasteiger partial charge in [0, 0.05) is 30.9 Å². The van der Waals surface area contributed by atoms with Crippen molar-refractivity contribution in [2.45, 2.75) is 63.8 Å². The van der Waals surface area contributed by atoms with E-state index in [1.165, 1.54) is 44.9 Å². The molecule has 1 saturated heterocycles. The van der Waals surface area contributed by atoms with E-state index in [0.29, 0.717) is 18.4 Å². The smallest absolute Gasteiger partial charge is 0.223 e. The number of likely N-dealkylation sites (tertiary alicyclic amines) is 1. The molecule has 3 heteroatoms. The zero-order chi connectivity index (χ0) is 15.6. The predicted molar refractivity (Wildman–Crippen MR) is 90.8 cm³/mol. The van der Waals surface area contributed by atoms with Crippen LogP contribution in [0.4, 0.5) is 0 Å². The Kier molecular flexibility index (Phi) is 4.37. The average Bonchev–Trinajstić information content (AvgIpc) is 3.30. The lowest BCUT2D eigenvalue weighted by Gasteiger charge is -2.30. The Balaban J connectivity index is 1.31. The highest BCUT2D eigenvalue weighted by Gasteiger charge is 2.41. The lowest BCUT2D eigenvalue weighted by atomic mass is 9.83. The van der Waals surface area contributed by atoms with Crippen LogP contribution in [0.15, 0.2) is 24.4 Å². The van der Waals surface area contributed by atoms with Crippen molar-refractivity contribution in [1.82, 2.24) is 9.88 Å². The van der Waals surface area contributed by atoms with E-state index in [1.54, 1.807) is 0 Å². The summed E-state index contributed by atoms with van der Waals surface area (Å²) < 4.78 is 0. The van der Waals surface area contributed by atoms with Gasteiger partial charge in [-0.15, -0.1) is 0 Å². The molecule has 2 heterocycles. The first-order chi connectivity index (χ1) is 11.3. The van der Waals surface area contributed by atoms with Gasteiger partial charge in [0.05, 0.1) is 0 Å². The minimum Gasteiger partial charge on any atom is -0.340 e. The van der Waals surface area contributed by atoms with Gasteiger partial charge in [0.2, 0.25) is 5.91 Å². The fraction of sp³-hybridized carbons (Fsp3) is 0.700. The van der Waals surface area contributed by atoms with Crippen LogP contribution in [-0.2, 0) is 11.2 Å². The highest BCUT2D eigenvalue weighted by Crippen LogP contribution is 2.50. The van der Waals surface area contributed by atoms with Gasteiger partial charge in [-0.25, -0.2) is 0 Å². The van der Waals surface area contributed by atoms with Crippen molar-refractivity contribution >= 4 is 5.91 Å². The number of amides is 1. The van der Waals surface area contributed by atoms with Gasteiger partial charge in [-0.1, -0.05) is 12.5 Å². The van der Waals surface area contributed by atoms with E-state index in [-0.39, 0.29) is 0 Å². The molecule has 3 aliphatic rings. The summed E-state index contributed by atoms with van der Waals surface area (Å²) in [5.74, 6) is 3.25. The average molecular weight is 312 g/mol. The molecule has 23 heavy (non-hydrogen) atoms. The van der Waals surface area contributed by atoms with Gasteiger partial charge in [0.1, 0.15) is 0 Å². The van der Waals surface area contributed by atoms with Crippen LogP contribution in [0, 0.1) is 17.8 Å². The van der Waals surface area contributed by atoms with Gasteiger partial charge >= 0.3 is 0 Å². The molecule has 3 fully saturated rings. The summed E-state index contributed by atoms with van der Waals surface area (Å²) in [6, 6.07) is 6.47. The maximum Gasteiger partial charge on any atom is 0.223 e. The number of aryl methyl sites for hydroxylation is 1. The van der Waals surface area contributed by atoms with Gasteiger partial charge in [0.15, 0.2) is 0 Å². The van der Waals surface area contributed by atoms with Gasteiger partial charge in [-0.2, -0.15) is 0 Å². The molecule has 1 aromatic rings. The van der Waals surface area contributed by atoms with Crippen LogP contribution in [0.25, 0.3) is 0 Å². The molecular weight excluding hydrogens is 284 g/mol. The highest BCUT2D eigenvalue weighted by molar-refractivity contribution is 5.77. The molecule has 2 bridgehead atoms. The van der Waals surface area contributed by atoms with Crippen LogP contribution in [0.3, 0.4) is 0 Å². The highest BCUT2D eigenvalue weighted by atomic mass is 16.2. The number of fused-ring (bicyclic) bond motifs is 2. The predicted octanol–water partition coefficient (Wildman–Crippen LogP) is 3.83. The number of carbonyl (C=O) groups excluding carboxylic acids is 1. The van der Waals surface area contributed by atoms with E-state index >= 15 is 0 Å². The number of hydrogen-bond donors (Lipinski definition) is 0. The number of nitrogens with zero attached hydrogens (tertiary/aromatic N) is 2. The minimum absolute atomic E-state index is 0.348. The minimum atomic E-state index is 0.348. The monoisotopic (exact) mass is 312 g/mol. The Bertz CT molecular complexity index is 544. The summed E-state index contributed by atoms with van der Waals surface area (Å²) >= 11 is 0. The molecule has 4 atom stereocenters. The summed E-state index contributed by atoms with van der Waals surface area (Å²) in [7, 11) is 0. The molecule has 0 spiro atoms. The van der Waals surface area contributed by atoms with Crippen molar-refractivity contribution in [3.05, 3.63) is 30.1 Å². The topological polar surface area (TPSA) is 33.2 Å². The fourth-order valence-corrected chi connectivity index (χ4v) is 5.35. The Morgan fingerprint density at radius 3 is 2.91 bits per heavy atom. The van der Waals surface area contributed by atoms with Crippen LogP contribution in [0.1, 0.15) is 57.1 Å². The zero-order valence-electron chi connectivity index (χ0n) is 14.0. The summed E-state index contributed by atoms with van der Waals surface area (Å²) in [4.78, 5) is 19.2. The van der Waals surface area contributed by atoms with E-state index in [4.69, 9.17) is 0 Å². The second-order valence-electron chi connectivity index (χ2n) is 7.87. The van der Waals surface area contributed by atoms with E-state index in [1.807, 2.05) is 24.4 Å². The molecule has 4 unspecified atom stereocenters. The van der Waals surface area contributed by atoms with Crippen molar-refractivity contribution in [1.29, 1.82) is 0 Å². The van der Waals surface area contributed by atoms with Crippen molar-refractivity contribution in [3.8, 4) is 0 Å². The molecule has 1 aliphatic heterocycles. The van der Waals surface area contributed by atoms with Crippen LogP contribution in [-0.4, -0.2) is 28.4 Å². The summed E-state index contributed by atoms with van der Waals surface area (Å²) in [5.41, 5.74) is 1.03. The number of carbonyl (C=O) groups is 1. The molecular formula is C20H28N2O. The molecule has 0 N–H and O–H groups in total. The summed E-state index contributed by atoms with van der Waals surface area (Å²) in [5, 5.41) is 0. The van der Waals surface area contributed by atoms with Crippen molar-refractivity contribution < 1.29 is 4.79 Å². The lowest BCUT2D eigenvalue weighted by Crippen LogP contribution is -2.37. The first-order valence-corrected chi connectivity index (χ1v) is 9.49. The quantitative estimate of drug-likeness (QED) is 0.828. The first kappa shape index (κ1) is 15.2. The third-order valence-corrected chi connectivity index (χ3v) is 6.48. The zero-order valence-corrected chi connectivity index (χ0v) is 14.0. The summed E-state index contributed by atoms with van der Waals surface area (Å²) in [6.07, 6.45) is 12.7. The molecule has 0 aromatic carbocycles. The molecule has 1 amide bonds. The standard InChI is InChI=1S/C20H28N2O/c23-20(9-8-18-4-1-2-10-21-18)22-11-3-5-19(22)14-17-13-15-6-7-16(17)12-15/h1-2,4,10,15-17,19H,3,5-9,11-14H2. The van der Waals surface area contributed by atoms with Crippen LogP contribution in [0.5, 0.6) is 0 Å². The van der Waals surface area contributed by atoms with Gasteiger partial charge in [-0.3, -0.25) is 9.78 Å². The maximum absolute atomic E-state index is 12.7. The first-order valence-electron chi connectivity index (χ1n) is 9.49. The van der Waals surface area contributed by atoms with E-state index in [0.717, 1.165) is 36.4 Å². The van der Waals surface area contributed by atoms with Gasteiger partial charge < -0.3 is 4.90 Å². The molecule has 2 aliphatic carbocycles. The third kappa shape index (κ3) is 3.29. The normalized spacial score (nSPS) is 32.6. The van der Waals surface area contributed by atoms with Crippen LogP contribution in [0.2, 0.25) is 0 Å². The maximum atomic E-state index is 12.7. The third-order valence-electron chi connectivity index (χ3n) is 6.48. The molecule has 124 valence electrons. The van der Waals surface area contributed by atoms with Crippen molar-refractivity contribution in [3.63, 3.8) is 0 Å². The van der Waals surface area contributed by atoms with Crippen LogP contribution >= 0.6 is 0 Å².